The maximum atomic E-state index is 13.3. The predicted molar refractivity (Wildman–Crippen MR) is 118 cm³/mol. The molecule has 0 amide bonds. The highest BCUT2D eigenvalue weighted by Gasteiger charge is 2.34. The van der Waals surface area contributed by atoms with E-state index in [1.807, 2.05) is 28.9 Å². The number of nitrogens with zero attached hydrogens (tertiary/aromatic N) is 5. The fourth-order valence-electron chi connectivity index (χ4n) is 5.10. The molecule has 1 saturated heterocycles. The number of methoxy groups -OCH3 is 1. The topological polar surface area (TPSA) is 88.9 Å². The fourth-order valence-corrected chi connectivity index (χ4v) is 5.10. The summed E-state index contributed by atoms with van der Waals surface area (Å²) in [5.41, 5.74) is 1.39. The molecule has 8 nitrogen and oxygen atoms in total. The second-order valence-corrected chi connectivity index (χ2v) is 9.05. The van der Waals surface area contributed by atoms with Gasteiger partial charge in [-0.1, -0.05) is 19.8 Å². The molecule has 5 rings (SSSR count). The summed E-state index contributed by atoms with van der Waals surface area (Å²) in [5, 5.41) is 13.9. The molecule has 1 N–H and O–H groups in total. The lowest BCUT2D eigenvalue weighted by Crippen LogP contribution is -2.40. The Hall–Kier alpha value is -2.74. The molecule has 2 fully saturated rings. The first-order valence-electron chi connectivity index (χ1n) is 11.4. The van der Waals surface area contributed by atoms with Crippen LogP contribution in [0.2, 0.25) is 0 Å². The van der Waals surface area contributed by atoms with Crippen LogP contribution in [0.5, 0.6) is 5.75 Å². The van der Waals surface area contributed by atoms with E-state index in [2.05, 4.69) is 32.3 Å². The molecular weight excluding hydrogens is 392 g/mol. The van der Waals surface area contributed by atoms with Crippen molar-refractivity contribution in [2.24, 2.45) is 5.92 Å². The van der Waals surface area contributed by atoms with Gasteiger partial charge in [0.25, 0.3) is 5.56 Å². The summed E-state index contributed by atoms with van der Waals surface area (Å²) in [7, 11) is 1.63. The van der Waals surface area contributed by atoms with Crippen LogP contribution < -0.4 is 10.3 Å². The number of H-pyrrole nitrogens is 1. The predicted octanol–water partition coefficient (Wildman–Crippen LogP) is 3.46. The Labute approximate surface area is 181 Å². The highest BCUT2D eigenvalue weighted by Crippen LogP contribution is 2.35. The smallest absolute Gasteiger partial charge is 0.253 e. The number of benzene rings is 1. The fraction of sp³-hybridized carbons (Fsp3) is 0.565. The van der Waals surface area contributed by atoms with E-state index in [0.717, 1.165) is 61.2 Å². The number of nitrogens with one attached hydrogen (secondary N) is 1. The number of ether oxygens (including phenoxy) is 1. The minimum atomic E-state index is -0.252. The summed E-state index contributed by atoms with van der Waals surface area (Å²) in [5.74, 6) is 2.22. The van der Waals surface area contributed by atoms with Gasteiger partial charge in [0, 0.05) is 11.6 Å². The van der Waals surface area contributed by atoms with Crippen LogP contribution in [0.15, 0.2) is 29.1 Å². The van der Waals surface area contributed by atoms with Gasteiger partial charge < -0.3 is 9.72 Å². The number of pyridine rings is 1. The van der Waals surface area contributed by atoms with E-state index in [1.54, 1.807) is 7.11 Å². The maximum absolute atomic E-state index is 13.3. The zero-order valence-corrected chi connectivity index (χ0v) is 18.3. The molecule has 164 valence electrons. The molecule has 0 bridgehead atoms. The van der Waals surface area contributed by atoms with Gasteiger partial charge in [-0.3, -0.25) is 9.69 Å². The van der Waals surface area contributed by atoms with Crippen LogP contribution in [-0.4, -0.2) is 50.3 Å². The molecule has 1 unspecified atom stereocenters. The summed E-state index contributed by atoms with van der Waals surface area (Å²) in [4.78, 5) is 18.8. The van der Waals surface area contributed by atoms with Crippen molar-refractivity contribution < 1.29 is 4.74 Å². The van der Waals surface area contributed by atoms with Crippen molar-refractivity contribution in [1.29, 1.82) is 0 Å². The second kappa shape index (κ2) is 8.42. The van der Waals surface area contributed by atoms with Crippen molar-refractivity contribution in [2.75, 3.05) is 20.2 Å². The number of rotatable bonds is 5. The molecule has 1 atom stereocenters. The van der Waals surface area contributed by atoms with Gasteiger partial charge in [-0.05, 0) is 78.7 Å². The lowest BCUT2D eigenvalue weighted by atomic mass is 9.95. The number of tetrazole rings is 1. The second-order valence-electron chi connectivity index (χ2n) is 9.05. The zero-order valence-electron chi connectivity index (χ0n) is 18.3. The zero-order chi connectivity index (χ0) is 21.4. The van der Waals surface area contributed by atoms with Crippen molar-refractivity contribution >= 4 is 10.9 Å². The van der Waals surface area contributed by atoms with Gasteiger partial charge in [0.15, 0.2) is 5.82 Å². The molecule has 3 heterocycles. The Bertz CT molecular complexity index is 1110. The first-order valence-corrected chi connectivity index (χ1v) is 11.4. The van der Waals surface area contributed by atoms with Gasteiger partial charge in [-0.2, -0.15) is 0 Å². The van der Waals surface area contributed by atoms with Gasteiger partial charge in [-0.15, -0.1) is 5.10 Å². The van der Waals surface area contributed by atoms with Crippen LogP contribution in [0.4, 0.5) is 0 Å². The Morgan fingerprint density at radius 2 is 1.90 bits per heavy atom. The Kier molecular flexibility index (Phi) is 5.48. The molecule has 2 aliphatic rings. The number of hydrogen-bond donors (Lipinski definition) is 1. The number of likely N-dealkylation sites (tertiary alicyclic amines) is 1. The molecule has 1 aromatic carbocycles. The third-order valence-corrected chi connectivity index (χ3v) is 6.99. The Morgan fingerprint density at radius 1 is 1.13 bits per heavy atom. The first-order chi connectivity index (χ1) is 15.1. The van der Waals surface area contributed by atoms with Crippen LogP contribution in [0, 0.1) is 5.92 Å². The van der Waals surface area contributed by atoms with Crippen molar-refractivity contribution in [3.05, 3.63) is 46.0 Å². The minimum Gasteiger partial charge on any atom is -0.497 e. The number of piperidine rings is 1. The lowest BCUT2D eigenvalue weighted by molar-refractivity contribution is 0.147. The van der Waals surface area contributed by atoms with E-state index in [1.165, 1.54) is 12.8 Å². The van der Waals surface area contributed by atoms with Crippen LogP contribution in [0.1, 0.15) is 68.9 Å². The Balaban J connectivity index is 1.62. The minimum absolute atomic E-state index is 0.0923. The highest BCUT2D eigenvalue weighted by molar-refractivity contribution is 5.80. The quantitative estimate of drug-likeness (QED) is 0.677. The third kappa shape index (κ3) is 3.84. The van der Waals surface area contributed by atoms with Gasteiger partial charge >= 0.3 is 0 Å². The molecule has 0 spiro atoms. The molecule has 1 aliphatic carbocycles. The molecule has 3 aromatic rings. The molecule has 0 radical (unpaired) electrons. The molecule has 8 heteroatoms. The summed E-state index contributed by atoms with van der Waals surface area (Å²) in [6.45, 7) is 4.16. The summed E-state index contributed by atoms with van der Waals surface area (Å²) in [6.07, 6.45) is 6.82. The van der Waals surface area contributed by atoms with Gasteiger partial charge in [0.2, 0.25) is 0 Å². The van der Waals surface area contributed by atoms with Crippen LogP contribution >= 0.6 is 0 Å². The van der Waals surface area contributed by atoms with Crippen molar-refractivity contribution in [2.45, 2.75) is 57.5 Å². The number of aromatic amines is 1. The number of hydrogen-bond acceptors (Lipinski definition) is 6. The first kappa shape index (κ1) is 20.2. The largest absolute Gasteiger partial charge is 0.497 e. The molecular formula is C23H30N6O2. The van der Waals surface area contributed by atoms with E-state index in [-0.39, 0.29) is 11.6 Å². The third-order valence-electron chi connectivity index (χ3n) is 6.99. The molecule has 31 heavy (non-hydrogen) atoms. The van der Waals surface area contributed by atoms with E-state index in [0.29, 0.717) is 17.5 Å². The molecule has 1 saturated carbocycles. The van der Waals surface area contributed by atoms with Crippen molar-refractivity contribution in [3.63, 3.8) is 0 Å². The normalized spacial score (nSPS) is 19.8. The van der Waals surface area contributed by atoms with Gasteiger partial charge in [0.05, 0.1) is 18.7 Å². The lowest BCUT2D eigenvalue weighted by Gasteiger charge is -2.36. The monoisotopic (exact) mass is 422 g/mol. The van der Waals surface area contributed by atoms with Crippen LogP contribution in [-0.2, 0) is 0 Å². The molecule has 1 aliphatic heterocycles. The standard InChI is InChI=1S/C23H30N6O2/c1-15-9-11-28(12-10-15)21(22-25-26-27-29(22)17-5-3-4-6-17)19-13-16-7-8-18(31-2)14-20(16)24-23(19)30/h7-8,13-15,17,21H,3-6,9-12H2,1-2H3,(H,24,30). The summed E-state index contributed by atoms with van der Waals surface area (Å²) < 4.78 is 7.31. The van der Waals surface area contributed by atoms with Crippen molar-refractivity contribution in [1.82, 2.24) is 30.1 Å². The highest BCUT2D eigenvalue weighted by atomic mass is 16.5. The number of fused-ring (bicyclic) bond motifs is 1. The Morgan fingerprint density at radius 3 is 2.65 bits per heavy atom. The van der Waals surface area contributed by atoms with E-state index < -0.39 is 0 Å². The summed E-state index contributed by atoms with van der Waals surface area (Å²) in [6, 6.07) is 7.84. The van der Waals surface area contributed by atoms with E-state index >= 15 is 0 Å². The van der Waals surface area contributed by atoms with Gasteiger partial charge in [0.1, 0.15) is 11.8 Å². The average Bonchev–Trinajstić information content (AvgIpc) is 3.47. The maximum Gasteiger partial charge on any atom is 0.253 e. The van der Waals surface area contributed by atoms with E-state index in [4.69, 9.17) is 4.74 Å². The van der Waals surface area contributed by atoms with Crippen LogP contribution in [0.25, 0.3) is 10.9 Å². The summed E-state index contributed by atoms with van der Waals surface area (Å²) >= 11 is 0. The number of aromatic nitrogens is 5. The average molecular weight is 423 g/mol. The van der Waals surface area contributed by atoms with E-state index in [9.17, 15) is 4.79 Å². The van der Waals surface area contributed by atoms with Gasteiger partial charge in [-0.25, -0.2) is 4.68 Å². The molecule has 2 aromatic heterocycles. The van der Waals surface area contributed by atoms with Crippen LogP contribution in [0.3, 0.4) is 0 Å². The van der Waals surface area contributed by atoms with Crippen molar-refractivity contribution in [3.8, 4) is 5.75 Å². The SMILES string of the molecule is COc1ccc2cc(C(c3nnnn3C3CCCC3)N3CCC(C)CC3)c(=O)[nH]c2c1.